The molecule has 190 valence electrons. The van der Waals surface area contributed by atoms with E-state index in [0.717, 1.165) is 18.5 Å². The number of carbonyl (C=O) groups excluding carboxylic acids is 1. The average Bonchev–Trinajstić information content (AvgIpc) is 2.85. The maximum absolute atomic E-state index is 12.9. The molecule has 0 aromatic heterocycles. The fourth-order valence-corrected chi connectivity index (χ4v) is 3.32. The number of ether oxygens (including phenoxy) is 5. The van der Waals surface area contributed by atoms with Gasteiger partial charge in [-0.15, -0.1) is 12.4 Å². The summed E-state index contributed by atoms with van der Waals surface area (Å²) in [5.41, 5.74) is 1.40. The Bertz CT molecular complexity index is 882. The predicted octanol–water partition coefficient (Wildman–Crippen LogP) is 3.70. The van der Waals surface area contributed by atoms with Crippen LogP contribution in [0.25, 0.3) is 0 Å². The van der Waals surface area contributed by atoms with Crippen LogP contribution in [0.2, 0.25) is 0 Å². The van der Waals surface area contributed by atoms with E-state index in [1.807, 2.05) is 12.1 Å². The standard InChI is InChI=1S/C25H35NO7.ClH/c1-6-11-26-15-19(27)16-33-22-12-17(8-10-21(22)29-2)7-9-20(28)18-13-23(30-3)25(32-5)24(14-18)31-4;/h8,10,12-14,19,26-27H,6-7,9,11,15-16H2,1-5H3;1H. The van der Waals surface area contributed by atoms with Crippen LogP contribution in [0.1, 0.15) is 35.7 Å². The molecule has 0 aliphatic rings. The molecule has 0 bridgehead atoms. The quantitative estimate of drug-likeness (QED) is 0.284. The van der Waals surface area contributed by atoms with Crippen molar-refractivity contribution in [3.8, 4) is 28.7 Å². The molecule has 0 saturated heterocycles. The first-order valence-electron chi connectivity index (χ1n) is 11.0. The van der Waals surface area contributed by atoms with Gasteiger partial charge in [0.05, 0.1) is 28.4 Å². The van der Waals surface area contributed by atoms with E-state index in [0.29, 0.717) is 47.3 Å². The molecule has 2 aromatic rings. The average molecular weight is 498 g/mol. The Balaban J connectivity index is 0.00000578. The van der Waals surface area contributed by atoms with Crippen molar-refractivity contribution in [1.29, 1.82) is 0 Å². The van der Waals surface area contributed by atoms with Crippen molar-refractivity contribution in [3.63, 3.8) is 0 Å². The Labute approximate surface area is 207 Å². The summed E-state index contributed by atoms with van der Waals surface area (Å²) < 4.78 is 27.2. The van der Waals surface area contributed by atoms with Crippen LogP contribution in [0.15, 0.2) is 30.3 Å². The summed E-state index contributed by atoms with van der Waals surface area (Å²) in [6, 6.07) is 8.84. The highest BCUT2D eigenvalue weighted by Crippen LogP contribution is 2.38. The molecule has 2 N–H and O–H groups in total. The topological polar surface area (TPSA) is 95.5 Å². The summed E-state index contributed by atoms with van der Waals surface area (Å²) >= 11 is 0. The number of methoxy groups -OCH3 is 4. The molecule has 0 amide bonds. The Morgan fingerprint density at radius 2 is 1.59 bits per heavy atom. The number of hydrogen-bond donors (Lipinski definition) is 2. The van der Waals surface area contributed by atoms with E-state index >= 15 is 0 Å². The van der Waals surface area contributed by atoms with Gasteiger partial charge in [0.2, 0.25) is 5.75 Å². The van der Waals surface area contributed by atoms with Gasteiger partial charge in [-0.2, -0.15) is 0 Å². The van der Waals surface area contributed by atoms with Crippen LogP contribution in [-0.2, 0) is 6.42 Å². The number of nitrogens with one attached hydrogen (secondary N) is 1. The van der Waals surface area contributed by atoms with Gasteiger partial charge in [0.15, 0.2) is 28.8 Å². The third-order valence-corrected chi connectivity index (χ3v) is 5.09. The minimum absolute atomic E-state index is 0. The lowest BCUT2D eigenvalue weighted by atomic mass is 10.0. The molecule has 1 atom stereocenters. The number of carbonyl (C=O) groups is 1. The monoisotopic (exact) mass is 497 g/mol. The number of ketones is 1. The maximum atomic E-state index is 12.9. The molecule has 0 fully saturated rings. The molecule has 0 aliphatic carbocycles. The van der Waals surface area contributed by atoms with Crippen LogP contribution in [0.4, 0.5) is 0 Å². The minimum atomic E-state index is -0.633. The summed E-state index contributed by atoms with van der Waals surface area (Å²) in [5, 5.41) is 13.3. The molecule has 0 radical (unpaired) electrons. The van der Waals surface area contributed by atoms with Gasteiger partial charge in [0.1, 0.15) is 12.7 Å². The van der Waals surface area contributed by atoms with Gasteiger partial charge < -0.3 is 34.1 Å². The van der Waals surface area contributed by atoms with Crippen molar-refractivity contribution in [2.75, 3.05) is 48.1 Å². The van der Waals surface area contributed by atoms with Gasteiger partial charge in [-0.05, 0) is 49.2 Å². The number of halogens is 1. The first kappa shape index (κ1) is 29.4. The highest BCUT2D eigenvalue weighted by molar-refractivity contribution is 5.97. The van der Waals surface area contributed by atoms with E-state index in [2.05, 4.69) is 12.2 Å². The summed E-state index contributed by atoms with van der Waals surface area (Å²) in [6.45, 7) is 3.51. The van der Waals surface area contributed by atoms with Crippen LogP contribution in [0.5, 0.6) is 28.7 Å². The minimum Gasteiger partial charge on any atom is -0.493 e. The summed E-state index contributed by atoms with van der Waals surface area (Å²) in [6.07, 6.45) is 1.16. The second-order valence-corrected chi connectivity index (χ2v) is 7.49. The number of Topliss-reactive ketones (excluding diaryl/α,β-unsaturated/α-hetero) is 1. The molecule has 0 aliphatic heterocycles. The summed E-state index contributed by atoms with van der Waals surface area (Å²) in [4.78, 5) is 12.9. The first-order chi connectivity index (χ1) is 16.0. The van der Waals surface area contributed by atoms with Crippen molar-refractivity contribution in [2.45, 2.75) is 32.3 Å². The van der Waals surface area contributed by atoms with Gasteiger partial charge in [0.25, 0.3) is 0 Å². The number of rotatable bonds is 15. The highest BCUT2D eigenvalue weighted by Gasteiger charge is 2.17. The van der Waals surface area contributed by atoms with Crippen LogP contribution in [-0.4, -0.2) is 65.1 Å². The number of aliphatic hydroxyl groups excluding tert-OH is 1. The van der Waals surface area contributed by atoms with E-state index in [4.69, 9.17) is 23.7 Å². The SMILES string of the molecule is CCCNCC(O)COc1cc(CCC(=O)c2cc(OC)c(OC)c(OC)c2)ccc1OC.Cl. The zero-order valence-electron chi connectivity index (χ0n) is 20.5. The molecule has 0 spiro atoms. The molecule has 2 aromatic carbocycles. The smallest absolute Gasteiger partial charge is 0.203 e. The first-order valence-corrected chi connectivity index (χ1v) is 11.0. The van der Waals surface area contributed by atoms with Crippen molar-refractivity contribution < 1.29 is 33.6 Å². The summed E-state index contributed by atoms with van der Waals surface area (Å²) in [5.74, 6) is 2.37. The van der Waals surface area contributed by atoms with Crippen LogP contribution in [0.3, 0.4) is 0 Å². The second kappa shape index (κ2) is 15.3. The molecule has 0 saturated carbocycles. The van der Waals surface area contributed by atoms with Crippen LogP contribution in [0, 0.1) is 0 Å². The second-order valence-electron chi connectivity index (χ2n) is 7.49. The molecular formula is C25H36ClNO7. The van der Waals surface area contributed by atoms with E-state index in [9.17, 15) is 9.90 Å². The van der Waals surface area contributed by atoms with Crippen molar-refractivity contribution in [2.24, 2.45) is 0 Å². The van der Waals surface area contributed by atoms with Crippen LogP contribution < -0.4 is 29.0 Å². The zero-order chi connectivity index (χ0) is 24.2. The molecule has 2 rings (SSSR count). The number of hydrogen-bond acceptors (Lipinski definition) is 8. The Morgan fingerprint density at radius 3 is 2.15 bits per heavy atom. The molecular weight excluding hydrogens is 462 g/mol. The van der Waals surface area contributed by atoms with E-state index in [1.54, 1.807) is 25.3 Å². The Hall–Kier alpha value is -2.68. The molecule has 34 heavy (non-hydrogen) atoms. The van der Waals surface area contributed by atoms with Gasteiger partial charge >= 0.3 is 0 Å². The maximum Gasteiger partial charge on any atom is 0.203 e. The van der Waals surface area contributed by atoms with E-state index in [1.165, 1.54) is 21.3 Å². The fraction of sp³-hybridized carbons (Fsp3) is 0.480. The molecule has 8 nitrogen and oxygen atoms in total. The van der Waals surface area contributed by atoms with Gasteiger partial charge in [-0.25, -0.2) is 0 Å². The van der Waals surface area contributed by atoms with Crippen LogP contribution >= 0.6 is 12.4 Å². The van der Waals surface area contributed by atoms with Crippen molar-refractivity contribution in [1.82, 2.24) is 5.32 Å². The Kier molecular flexibility index (Phi) is 13.2. The lowest BCUT2D eigenvalue weighted by Gasteiger charge is -2.16. The van der Waals surface area contributed by atoms with E-state index < -0.39 is 6.10 Å². The van der Waals surface area contributed by atoms with Gasteiger partial charge in [0, 0.05) is 18.5 Å². The van der Waals surface area contributed by atoms with Crippen molar-refractivity contribution >= 4 is 18.2 Å². The fourth-order valence-electron chi connectivity index (χ4n) is 3.32. The lowest BCUT2D eigenvalue weighted by Crippen LogP contribution is -2.31. The third-order valence-electron chi connectivity index (χ3n) is 5.09. The largest absolute Gasteiger partial charge is 0.493 e. The zero-order valence-corrected chi connectivity index (χ0v) is 21.3. The molecule has 1 unspecified atom stereocenters. The van der Waals surface area contributed by atoms with Gasteiger partial charge in [-0.3, -0.25) is 4.79 Å². The predicted molar refractivity (Wildman–Crippen MR) is 134 cm³/mol. The van der Waals surface area contributed by atoms with Gasteiger partial charge in [-0.1, -0.05) is 13.0 Å². The number of aliphatic hydroxyl groups is 1. The normalized spacial score (nSPS) is 11.2. The number of aryl methyl sites for hydroxylation is 1. The lowest BCUT2D eigenvalue weighted by molar-refractivity contribution is 0.0982. The third kappa shape index (κ3) is 8.27. The van der Waals surface area contributed by atoms with E-state index in [-0.39, 0.29) is 31.2 Å². The Morgan fingerprint density at radius 1 is 0.941 bits per heavy atom. The highest BCUT2D eigenvalue weighted by atomic mass is 35.5. The summed E-state index contributed by atoms with van der Waals surface area (Å²) in [7, 11) is 6.11. The van der Waals surface area contributed by atoms with Crippen molar-refractivity contribution in [3.05, 3.63) is 41.5 Å². The molecule has 0 heterocycles. The number of benzene rings is 2. The molecule has 9 heteroatoms.